The van der Waals surface area contributed by atoms with Gasteiger partial charge in [0.05, 0.1) is 11.5 Å². The molecule has 1 aromatic heterocycles. The van der Waals surface area contributed by atoms with Gasteiger partial charge in [-0.3, -0.25) is 14.9 Å². The van der Waals surface area contributed by atoms with Crippen molar-refractivity contribution >= 4 is 17.4 Å². The van der Waals surface area contributed by atoms with Crippen LogP contribution in [0.3, 0.4) is 0 Å². The highest BCUT2D eigenvalue weighted by Gasteiger charge is 2.19. The number of carbonyl (C=O) groups excluding carboxylic acids is 1. The first-order chi connectivity index (χ1) is 9.58. The first kappa shape index (κ1) is 14.2. The summed E-state index contributed by atoms with van der Waals surface area (Å²) in [7, 11) is 0. The standard InChI is InChI=1S/C12H17N5O3/c1-9-2-3-10(17(19)20)12(15-9)14-8-11(18)16-6-4-13-5-7-16/h2-3,13H,4-8H2,1H3,(H,14,15). The molecule has 0 atom stereocenters. The number of rotatable bonds is 4. The number of nitrogens with zero attached hydrogens (tertiary/aromatic N) is 3. The second-order valence-electron chi connectivity index (χ2n) is 4.56. The van der Waals surface area contributed by atoms with Crippen molar-refractivity contribution in [1.82, 2.24) is 15.2 Å². The summed E-state index contributed by atoms with van der Waals surface area (Å²) in [4.78, 5) is 28.2. The lowest BCUT2D eigenvalue weighted by Gasteiger charge is -2.27. The van der Waals surface area contributed by atoms with Crippen LogP contribution in [0.4, 0.5) is 11.5 Å². The van der Waals surface area contributed by atoms with E-state index in [1.807, 2.05) is 0 Å². The number of aryl methyl sites for hydroxylation is 1. The molecule has 1 amide bonds. The molecular formula is C12H17N5O3. The van der Waals surface area contributed by atoms with Gasteiger partial charge in [-0.1, -0.05) is 0 Å². The third-order valence-electron chi connectivity index (χ3n) is 3.09. The Kier molecular flexibility index (Phi) is 4.46. The van der Waals surface area contributed by atoms with Crippen LogP contribution in [0.5, 0.6) is 0 Å². The third-order valence-corrected chi connectivity index (χ3v) is 3.09. The fraction of sp³-hybridized carbons (Fsp3) is 0.500. The SMILES string of the molecule is Cc1ccc([N+](=O)[O-])c(NCC(=O)N2CCNCC2)n1. The first-order valence-electron chi connectivity index (χ1n) is 6.42. The smallest absolute Gasteiger partial charge is 0.311 e. The summed E-state index contributed by atoms with van der Waals surface area (Å²) < 4.78 is 0. The molecule has 1 aliphatic heterocycles. The predicted octanol–water partition coefficient (Wildman–Crippen LogP) is 0.142. The molecular weight excluding hydrogens is 262 g/mol. The summed E-state index contributed by atoms with van der Waals surface area (Å²) in [5.74, 6) is 0.0580. The van der Waals surface area contributed by atoms with E-state index in [1.165, 1.54) is 6.07 Å². The molecule has 8 nitrogen and oxygen atoms in total. The molecule has 2 heterocycles. The van der Waals surface area contributed by atoms with E-state index in [0.717, 1.165) is 13.1 Å². The van der Waals surface area contributed by atoms with Crippen LogP contribution in [0.2, 0.25) is 0 Å². The lowest BCUT2D eigenvalue weighted by molar-refractivity contribution is -0.384. The number of nitro groups is 1. The fourth-order valence-electron chi connectivity index (χ4n) is 2.01. The summed E-state index contributed by atoms with van der Waals surface area (Å²) >= 11 is 0. The maximum Gasteiger partial charge on any atom is 0.311 e. The van der Waals surface area contributed by atoms with Crippen molar-refractivity contribution in [2.75, 3.05) is 38.0 Å². The Morgan fingerprint density at radius 1 is 1.50 bits per heavy atom. The zero-order chi connectivity index (χ0) is 14.5. The molecule has 2 N–H and O–H groups in total. The van der Waals surface area contributed by atoms with Crippen molar-refractivity contribution in [2.45, 2.75) is 6.92 Å². The van der Waals surface area contributed by atoms with Crippen LogP contribution in [0.25, 0.3) is 0 Å². The van der Waals surface area contributed by atoms with Gasteiger partial charge in [-0.05, 0) is 13.0 Å². The average Bonchev–Trinajstić information content (AvgIpc) is 2.45. The average molecular weight is 279 g/mol. The number of hydrogen-bond acceptors (Lipinski definition) is 6. The van der Waals surface area contributed by atoms with Gasteiger partial charge in [0.1, 0.15) is 0 Å². The molecule has 0 bridgehead atoms. The molecule has 20 heavy (non-hydrogen) atoms. The van der Waals surface area contributed by atoms with E-state index in [2.05, 4.69) is 15.6 Å². The minimum atomic E-state index is -0.510. The van der Waals surface area contributed by atoms with Gasteiger partial charge < -0.3 is 15.5 Å². The third kappa shape index (κ3) is 3.41. The molecule has 1 aliphatic rings. The minimum absolute atomic E-state index is 0.0112. The number of anilines is 1. The molecule has 1 aromatic rings. The quantitative estimate of drug-likeness (QED) is 0.600. The maximum absolute atomic E-state index is 12.0. The zero-order valence-corrected chi connectivity index (χ0v) is 11.3. The maximum atomic E-state index is 12.0. The number of carbonyl (C=O) groups is 1. The topological polar surface area (TPSA) is 100 Å². The van der Waals surface area contributed by atoms with Gasteiger partial charge in [-0.25, -0.2) is 4.98 Å². The van der Waals surface area contributed by atoms with Crippen LogP contribution < -0.4 is 10.6 Å². The number of aromatic nitrogens is 1. The van der Waals surface area contributed by atoms with Crippen LogP contribution in [0, 0.1) is 17.0 Å². The van der Waals surface area contributed by atoms with Crippen molar-refractivity contribution in [3.05, 3.63) is 27.9 Å². The van der Waals surface area contributed by atoms with Gasteiger partial charge in [-0.15, -0.1) is 0 Å². The number of hydrogen-bond donors (Lipinski definition) is 2. The molecule has 0 unspecified atom stereocenters. The molecule has 0 saturated carbocycles. The summed E-state index contributed by atoms with van der Waals surface area (Å²) in [6, 6.07) is 2.96. The molecule has 0 aromatic carbocycles. The van der Waals surface area contributed by atoms with Crippen molar-refractivity contribution in [1.29, 1.82) is 0 Å². The minimum Gasteiger partial charge on any atom is -0.355 e. The van der Waals surface area contributed by atoms with Crippen LogP contribution in [-0.2, 0) is 4.79 Å². The predicted molar refractivity (Wildman–Crippen MR) is 73.6 cm³/mol. The first-order valence-corrected chi connectivity index (χ1v) is 6.42. The second-order valence-corrected chi connectivity index (χ2v) is 4.56. The molecule has 1 fully saturated rings. The van der Waals surface area contributed by atoms with Gasteiger partial charge in [-0.2, -0.15) is 0 Å². The number of nitrogens with one attached hydrogen (secondary N) is 2. The van der Waals surface area contributed by atoms with Crippen molar-refractivity contribution in [3.8, 4) is 0 Å². The van der Waals surface area contributed by atoms with Gasteiger partial charge in [0.15, 0.2) is 0 Å². The molecule has 0 aliphatic carbocycles. The lowest BCUT2D eigenvalue weighted by Crippen LogP contribution is -2.48. The van der Waals surface area contributed by atoms with Crippen molar-refractivity contribution in [3.63, 3.8) is 0 Å². The van der Waals surface area contributed by atoms with Gasteiger partial charge in [0.2, 0.25) is 11.7 Å². The zero-order valence-electron chi connectivity index (χ0n) is 11.3. The molecule has 1 saturated heterocycles. The van der Waals surface area contributed by atoms with Crippen molar-refractivity contribution < 1.29 is 9.72 Å². The highest BCUT2D eigenvalue weighted by atomic mass is 16.6. The Labute approximate surface area is 116 Å². The van der Waals surface area contributed by atoms with E-state index in [4.69, 9.17) is 0 Å². The summed E-state index contributed by atoms with van der Waals surface area (Å²) in [5, 5.41) is 16.8. The van der Waals surface area contributed by atoms with Gasteiger partial charge in [0.25, 0.3) is 0 Å². The van der Waals surface area contributed by atoms with Crippen LogP contribution in [0.15, 0.2) is 12.1 Å². The van der Waals surface area contributed by atoms with Crippen LogP contribution >= 0.6 is 0 Å². The summed E-state index contributed by atoms with van der Waals surface area (Å²) in [6.45, 7) is 4.61. The van der Waals surface area contributed by atoms with Gasteiger partial charge >= 0.3 is 5.69 Å². The molecule has 2 rings (SSSR count). The normalized spacial score (nSPS) is 14.9. The highest BCUT2D eigenvalue weighted by molar-refractivity contribution is 5.81. The Hall–Kier alpha value is -2.22. The summed E-state index contributed by atoms with van der Waals surface area (Å²) in [5.41, 5.74) is 0.538. The molecule has 8 heteroatoms. The highest BCUT2D eigenvalue weighted by Crippen LogP contribution is 2.21. The lowest BCUT2D eigenvalue weighted by atomic mass is 10.3. The molecule has 108 valence electrons. The Morgan fingerprint density at radius 3 is 2.85 bits per heavy atom. The molecule has 0 radical (unpaired) electrons. The van der Waals surface area contributed by atoms with Crippen molar-refractivity contribution in [2.24, 2.45) is 0 Å². The van der Waals surface area contributed by atoms with E-state index in [1.54, 1.807) is 17.9 Å². The van der Waals surface area contributed by atoms with E-state index >= 15 is 0 Å². The largest absolute Gasteiger partial charge is 0.355 e. The number of amides is 1. The Balaban J connectivity index is 2.01. The second kappa shape index (κ2) is 6.29. The monoisotopic (exact) mass is 279 g/mol. The van der Waals surface area contributed by atoms with E-state index in [9.17, 15) is 14.9 Å². The van der Waals surface area contributed by atoms with E-state index in [0.29, 0.717) is 18.8 Å². The van der Waals surface area contributed by atoms with Gasteiger partial charge in [0, 0.05) is 37.9 Å². The fourth-order valence-corrected chi connectivity index (χ4v) is 2.01. The van der Waals surface area contributed by atoms with E-state index < -0.39 is 4.92 Å². The number of piperazine rings is 1. The Morgan fingerprint density at radius 2 is 2.20 bits per heavy atom. The van der Waals surface area contributed by atoms with Crippen LogP contribution in [-0.4, -0.2) is 53.4 Å². The Bertz CT molecular complexity index is 514. The van der Waals surface area contributed by atoms with E-state index in [-0.39, 0.29) is 24.0 Å². The number of pyridine rings is 1. The molecule has 0 spiro atoms. The van der Waals surface area contributed by atoms with Crippen LogP contribution in [0.1, 0.15) is 5.69 Å². The summed E-state index contributed by atoms with van der Waals surface area (Å²) in [6.07, 6.45) is 0.